The molecule has 0 radical (unpaired) electrons. The molecule has 0 saturated carbocycles. The van der Waals surface area contributed by atoms with Crippen LogP contribution >= 0.6 is 11.3 Å². The second-order valence-corrected chi connectivity index (χ2v) is 7.96. The molecule has 0 spiro atoms. The summed E-state index contributed by atoms with van der Waals surface area (Å²) >= 11 is 1.20. The Bertz CT molecular complexity index is 643. The van der Waals surface area contributed by atoms with Crippen LogP contribution in [-0.4, -0.2) is 41.3 Å². The fraction of sp³-hybridized carbons (Fsp3) is 0.231. The Morgan fingerprint density at radius 2 is 2.40 bits per heavy atom. The van der Waals surface area contributed by atoms with Crippen molar-refractivity contribution in [2.24, 2.45) is 0 Å². The molecule has 1 aromatic rings. The maximum atomic E-state index is 10.8. The van der Waals surface area contributed by atoms with Crippen LogP contribution in [0, 0.1) is 14.9 Å². The Morgan fingerprint density at radius 1 is 1.65 bits per heavy atom. The van der Waals surface area contributed by atoms with E-state index in [2.05, 4.69) is 6.08 Å². The van der Waals surface area contributed by atoms with Crippen LogP contribution in [0.2, 0.25) is 0 Å². The first-order valence-corrected chi connectivity index (χ1v) is 8.70. The number of carboxylic acid groups (broad SMARTS) is 1. The third kappa shape index (κ3) is 3.20. The number of thiophene rings is 1. The summed E-state index contributed by atoms with van der Waals surface area (Å²) in [6.07, 6.45) is 3.51. The van der Waals surface area contributed by atoms with Gasteiger partial charge in [0.1, 0.15) is 0 Å². The van der Waals surface area contributed by atoms with Gasteiger partial charge in [-0.2, -0.15) is 0 Å². The summed E-state index contributed by atoms with van der Waals surface area (Å²) in [5, 5.41) is 26.5. The number of fused-ring (bicyclic) bond motifs is 1. The SMILES string of the molecule is CN(CCO)C1=Cc2sc(/C=C(\C#N)C(=O)O)cc2[I-]1. The van der Waals surface area contributed by atoms with E-state index < -0.39 is 5.97 Å². The molecule has 20 heavy (non-hydrogen) atoms. The van der Waals surface area contributed by atoms with Crippen molar-refractivity contribution in [2.75, 3.05) is 20.2 Å². The van der Waals surface area contributed by atoms with Crippen molar-refractivity contribution in [2.45, 2.75) is 0 Å². The zero-order valence-electron chi connectivity index (χ0n) is 10.6. The average Bonchev–Trinajstić information content (AvgIpc) is 2.93. The number of likely N-dealkylation sites (N-methyl/N-ethyl adjacent to an activating group) is 1. The van der Waals surface area contributed by atoms with Gasteiger partial charge in [0, 0.05) is 0 Å². The number of carbonyl (C=O) groups is 1. The summed E-state index contributed by atoms with van der Waals surface area (Å²) in [5.74, 6) is -1.20. The molecule has 0 aromatic carbocycles. The Balaban J connectivity index is 2.21. The van der Waals surface area contributed by atoms with Gasteiger partial charge >= 0.3 is 131 Å². The Hall–Kier alpha value is -1.37. The summed E-state index contributed by atoms with van der Waals surface area (Å²) in [7, 11) is 1.96. The quantitative estimate of drug-likeness (QED) is 0.263. The number of halogens is 1. The van der Waals surface area contributed by atoms with Crippen molar-refractivity contribution < 1.29 is 36.2 Å². The fourth-order valence-corrected chi connectivity index (χ4v) is 6.18. The number of aliphatic hydroxyl groups excluding tert-OH is 1. The molecule has 0 fully saturated rings. The second kappa shape index (κ2) is 6.39. The molecule has 106 valence electrons. The van der Waals surface area contributed by atoms with Crippen LogP contribution in [0.1, 0.15) is 9.75 Å². The van der Waals surface area contributed by atoms with Crippen LogP contribution in [0.4, 0.5) is 0 Å². The van der Waals surface area contributed by atoms with Crippen LogP contribution in [0.15, 0.2) is 15.3 Å². The molecule has 0 atom stereocenters. The number of nitrogens with zero attached hydrogens (tertiary/aromatic N) is 2. The minimum absolute atomic E-state index is 0.128. The zero-order chi connectivity index (χ0) is 14.7. The number of carboxylic acids is 1. The molecule has 1 aliphatic rings. The van der Waals surface area contributed by atoms with Gasteiger partial charge in [-0.05, 0) is 0 Å². The van der Waals surface area contributed by atoms with Crippen molar-refractivity contribution >= 4 is 29.5 Å². The van der Waals surface area contributed by atoms with Crippen LogP contribution in [0.25, 0.3) is 12.2 Å². The first kappa shape index (κ1) is 15.0. The van der Waals surface area contributed by atoms with Gasteiger partial charge in [-0.15, -0.1) is 0 Å². The van der Waals surface area contributed by atoms with E-state index in [1.807, 2.05) is 18.0 Å². The monoisotopic (exact) mass is 403 g/mol. The molecule has 0 saturated heterocycles. The summed E-state index contributed by atoms with van der Waals surface area (Å²) in [6.45, 7) is 0.744. The van der Waals surface area contributed by atoms with Crippen molar-refractivity contribution in [1.82, 2.24) is 4.90 Å². The van der Waals surface area contributed by atoms with Crippen molar-refractivity contribution in [3.63, 3.8) is 0 Å². The predicted octanol–water partition coefficient (Wildman–Crippen LogP) is -1.77. The third-order valence-electron chi connectivity index (χ3n) is 2.62. The minimum atomic E-state index is -1.20. The van der Waals surface area contributed by atoms with E-state index in [1.165, 1.54) is 24.7 Å². The number of aliphatic carboxylic acids is 1. The van der Waals surface area contributed by atoms with Crippen molar-refractivity contribution in [1.29, 1.82) is 5.26 Å². The number of rotatable bonds is 5. The summed E-state index contributed by atoms with van der Waals surface area (Å²) in [6, 6.07) is 3.65. The Labute approximate surface area is 130 Å². The number of nitriles is 1. The number of aliphatic hydroxyl groups is 1. The number of hydrogen-bond acceptors (Lipinski definition) is 5. The van der Waals surface area contributed by atoms with E-state index in [1.54, 1.807) is 6.07 Å². The molecule has 5 nitrogen and oxygen atoms in total. The molecular formula is C13H12IN2O3S-. The molecule has 2 N–H and O–H groups in total. The van der Waals surface area contributed by atoms with Gasteiger partial charge in [0.15, 0.2) is 0 Å². The van der Waals surface area contributed by atoms with E-state index in [4.69, 9.17) is 15.5 Å². The molecule has 1 aromatic heterocycles. The van der Waals surface area contributed by atoms with E-state index in [0.29, 0.717) is 6.54 Å². The van der Waals surface area contributed by atoms with Crippen molar-refractivity contribution in [3.8, 4) is 6.07 Å². The van der Waals surface area contributed by atoms with Crippen LogP contribution in [-0.2, 0) is 4.79 Å². The summed E-state index contributed by atoms with van der Waals surface area (Å²) < 4.78 is 2.48. The zero-order valence-corrected chi connectivity index (χ0v) is 13.6. The first-order valence-electron chi connectivity index (χ1n) is 5.72. The fourth-order valence-electron chi connectivity index (χ4n) is 1.61. The molecule has 0 amide bonds. The van der Waals surface area contributed by atoms with Crippen LogP contribution in [0.5, 0.6) is 0 Å². The Morgan fingerprint density at radius 3 is 2.95 bits per heavy atom. The second-order valence-electron chi connectivity index (χ2n) is 4.04. The van der Waals surface area contributed by atoms with Crippen molar-refractivity contribution in [3.05, 3.63) is 28.7 Å². The van der Waals surface area contributed by atoms with E-state index in [9.17, 15) is 4.79 Å². The van der Waals surface area contributed by atoms with E-state index in [0.717, 1.165) is 9.75 Å². The van der Waals surface area contributed by atoms with Crippen LogP contribution in [0.3, 0.4) is 0 Å². The normalized spacial score (nSPS) is 14.1. The third-order valence-corrected chi connectivity index (χ3v) is 7.17. The molecule has 0 bridgehead atoms. The van der Waals surface area contributed by atoms with E-state index in [-0.39, 0.29) is 33.4 Å². The molecule has 7 heteroatoms. The molecule has 2 rings (SSSR count). The standard InChI is InChI=1S/C13H12IN2O3S/c1-16(2-3-17)12-6-11-10(14-12)5-9(20-11)4-8(7-15)13(18)19/h4-6,17H,2-3H2,1H3,(H,18,19)/q-1/b8-4+. The topological polar surface area (TPSA) is 84.6 Å². The van der Waals surface area contributed by atoms with Gasteiger partial charge in [-0.3, -0.25) is 0 Å². The maximum absolute atomic E-state index is 10.8. The molecule has 0 unspecified atom stereocenters. The van der Waals surface area contributed by atoms with Crippen LogP contribution < -0.4 is 21.2 Å². The molecule has 0 aliphatic carbocycles. The predicted molar refractivity (Wildman–Crippen MR) is 71.9 cm³/mol. The molecule has 2 heterocycles. The van der Waals surface area contributed by atoms with Gasteiger partial charge in [-0.1, -0.05) is 0 Å². The van der Waals surface area contributed by atoms with E-state index >= 15 is 0 Å². The summed E-state index contributed by atoms with van der Waals surface area (Å²) in [4.78, 5) is 14.8. The first-order chi connectivity index (χ1) is 9.55. The van der Waals surface area contributed by atoms with Gasteiger partial charge in [0.2, 0.25) is 0 Å². The van der Waals surface area contributed by atoms with Gasteiger partial charge < -0.3 is 0 Å². The number of hydrogen-bond donors (Lipinski definition) is 2. The summed E-state index contributed by atoms with van der Waals surface area (Å²) in [5.41, 5.74) is -0.246. The molecule has 1 aliphatic heterocycles. The average molecular weight is 403 g/mol. The van der Waals surface area contributed by atoms with Gasteiger partial charge in [0.05, 0.1) is 0 Å². The van der Waals surface area contributed by atoms with Gasteiger partial charge in [-0.25, -0.2) is 0 Å². The van der Waals surface area contributed by atoms with Gasteiger partial charge in [0.25, 0.3) is 0 Å². The molecular weight excluding hydrogens is 391 g/mol. The Kier molecular flexibility index (Phi) is 4.80.